The second-order valence-electron chi connectivity index (χ2n) is 17.8. The fourth-order valence-corrected chi connectivity index (χ4v) is 12.7. The first kappa shape index (κ1) is 50.5. The molecule has 20 heteroatoms. The van der Waals surface area contributed by atoms with Crippen molar-refractivity contribution in [2.24, 2.45) is 0 Å². The van der Waals surface area contributed by atoms with Gasteiger partial charge in [0.1, 0.15) is 12.1 Å². The average Bonchev–Trinajstić information content (AvgIpc) is 3.79. The number of benzene rings is 2. The molecule has 3 aliphatic heterocycles. The van der Waals surface area contributed by atoms with Gasteiger partial charge in [-0.05, 0) is 92.0 Å². The Morgan fingerprint density at radius 3 is 2.18 bits per heavy atom. The minimum Gasteiger partial charge on any atom is -0.340 e. The number of nitrogens with one attached hydrogen (secondary N) is 2. The van der Waals surface area contributed by atoms with Gasteiger partial charge in [-0.1, -0.05) is 55.6 Å². The predicted molar refractivity (Wildman–Crippen MR) is 252 cm³/mol. The van der Waals surface area contributed by atoms with Gasteiger partial charge in [0, 0.05) is 91.8 Å². The number of halogens is 2. The molecule has 67 heavy (non-hydrogen) atoms. The minimum atomic E-state index is -5.28. The monoisotopic (exact) mass is 985 g/mol. The van der Waals surface area contributed by atoms with Crippen LogP contribution in [-0.4, -0.2) is 122 Å². The summed E-state index contributed by atoms with van der Waals surface area (Å²) in [4.78, 5) is 100. The number of rotatable bonds is 18. The lowest BCUT2D eigenvalue weighted by molar-refractivity contribution is -0.149. The van der Waals surface area contributed by atoms with Gasteiger partial charge in [0.2, 0.25) is 23.3 Å². The number of aromatic amines is 1. The van der Waals surface area contributed by atoms with Crippen LogP contribution in [0.15, 0.2) is 59.5 Å². The number of likely N-dealkylation sites (tertiary alicyclic amines) is 1. The van der Waals surface area contributed by atoms with E-state index in [0.29, 0.717) is 57.0 Å². The van der Waals surface area contributed by atoms with Crippen molar-refractivity contribution in [1.82, 2.24) is 25.0 Å². The van der Waals surface area contributed by atoms with Crippen LogP contribution in [0.1, 0.15) is 112 Å². The summed E-state index contributed by atoms with van der Waals surface area (Å²) in [5, 5.41) is 3.12. The van der Waals surface area contributed by atoms with Crippen molar-refractivity contribution in [2.75, 3.05) is 44.4 Å². The quantitative estimate of drug-likeness (QED) is 0.0966. The van der Waals surface area contributed by atoms with Crippen LogP contribution in [0.5, 0.6) is 0 Å². The van der Waals surface area contributed by atoms with Crippen LogP contribution in [0.4, 0.5) is 8.78 Å². The van der Waals surface area contributed by atoms with E-state index in [1.807, 2.05) is 24.8 Å². The van der Waals surface area contributed by atoms with E-state index in [1.165, 1.54) is 30.0 Å². The molecule has 4 aliphatic rings. The van der Waals surface area contributed by atoms with Crippen molar-refractivity contribution in [1.29, 1.82) is 0 Å². The summed E-state index contributed by atoms with van der Waals surface area (Å²) in [6.07, 6.45) is 7.13. The van der Waals surface area contributed by atoms with Gasteiger partial charge in [-0.2, -0.15) is 8.78 Å². The summed E-state index contributed by atoms with van der Waals surface area (Å²) < 4.78 is 57.8. The zero-order chi connectivity index (χ0) is 48.1. The third-order valence-corrected chi connectivity index (χ3v) is 16.9. The molecule has 15 nitrogen and oxygen atoms in total. The molecule has 4 atom stereocenters. The van der Waals surface area contributed by atoms with Gasteiger partial charge in [-0.25, -0.2) is 0 Å². The molecule has 1 saturated carbocycles. The van der Waals surface area contributed by atoms with Crippen molar-refractivity contribution in [3.05, 3.63) is 81.8 Å². The fraction of sp³-hybridized carbons (Fsp3) is 0.553. The molecular formula is C47H58F2N5O10PS2. The van der Waals surface area contributed by atoms with Gasteiger partial charge in [0.05, 0.1) is 13.2 Å². The molecule has 0 bridgehead atoms. The molecule has 362 valence electrons. The maximum Gasteiger partial charge on any atom is 0.404 e. The van der Waals surface area contributed by atoms with Gasteiger partial charge in [-0.15, -0.1) is 0 Å². The lowest BCUT2D eigenvalue weighted by atomic mass is 9.96. The number of alkyl halides is 2. The lowest BCUT2D eigenvalue weighted by Crippen LogP contribution is -2.61. The molecule has 0 radical (unpaired) electrons. The second kappa shape index (κ2) is 21.5. The fourth-order valence-electron chi connectivity index (χ4n) is 9.47. The predicted octanol–water partition coefficient (Wildman–Crippen LogP) is 7.18. The van der Waals surface area contributed by atoms with Crippen molar-refractivity contribution in [3.8, 4) is 0 Å². The highest BCUT2D eigenvalue weighted by molar-refractivity contribution is 8.13. The van der Waals surface area contributed by atoms with E-state index in [0.717, 1.165) is 54.1 Å². The molecule has 1 spiro atoms. The van der Waals surface area contributed by atoms with E-state index < -0.39 is 55.9 Å². The molecule has 1 unspecified atom stereocenters. The molecule has 3 saturated heterocycles. The van der Waals surface area contributed by atoms with Crippen LogP contribution >= 0.6 is 31.1 Å². The van der Waals surface area contributed by atoms with Crippen molar-refractivity contribution < 1.29 is 51.2 Å². The Morgan fingerprint density at radius 2 is 1.55 bits per heavy atom. The summed E-state index contributed by atoms with van der Waals surface area (Å²) in [6, 6.07) is 8.96. The number of thioether (sulfide) groups is 2. The maximum atomic E-state index is 16.5. The van der Waals surface area contributed by atoms with Crippen molar-refractivity contribution >= 4 is 75.8 Å². The Morgan fingerprint density at radius 1 is 0.881 bits per heavy atom. The average molecular weight is 986 g/mol. The van der Waals surface area contributed by atoms with Crippen LogP contribution in [-0.2, 0) is 43.2 Å². The van der Waals surface area contributed by atoms with Gasteiger partial charge in [0.15, 0.2) is 10.2 Å². The largest absolute Gasteiger partial charge is 0.404 e. The molecule has 2 N–H and O–H groups in total. The summed E-state index contributed by atoms with van der Waals surface area (Å²) in [6.45, 7) is 4.65. The van der Waals surface area contributed by atoms with Crippen LogP contribution in [0, 0.1) is 0 Å². The van der Waals surface area contributed by atoms with E-state index in [-0.39, 0.29) is 86.9 Å². The highest BCUT2D eigenvalue weighted by Gasteiger charge is 2.59. The molecule has 7 rings (SSSR count). The number of hydrogen-bond acceptors (Lipinski definition) is 12. The summed E-state index contributed by atoms with van der Waals surface area (Å²) in [5.41, 5.74) is -4.61. The van der Waals surface area contributed by atoms with Gasteiger partial charge < -0.3 is 34.0 Å². The summed E-state index contributed by atoms with van der Waals surface area (Å²) in [7, 11) is -5.28. The summed E-state index contributed by atoms with van der Waals surface area (Å²) >= 11 is 1.76. The third kappa shape index (κ3) is 11.4. The van der Waals surface area contributed by atoms with E-state index >= 15 is 8.78 Å². The Hall–Kier alpha value is -4.42. The number of hydrogen-bond donors (Lipinski definition) is 2. The Balaban J connectivity index is 1.10. The van der Waals surface area contributed by atoms with E-state index in [2.05, 4.69) is 10.3 Å². The number of carbonyl (C=O) groups is 6. The maximum absolute atomic E-state index is 16.5. The molecule has 4 fully saturated rings. The first-order chi connectivity index (χ1) is 32.0. The molecule has 3 aromatic rings. The molecular weight excluding hydrogens is 928 g/mol. The minimum absolute atomic E-state index is 0.0135. The zero-order valence-corrected chi connectivity index (χ0v) is 40.5. The van der Waals surface area contributed by atoms with E-state index in [1.54, 1.807) is 23.2 Å². The SMILES string of the molecule is CCCC(=O)SCCOP(=O)(OCCSC(=O)CCC)C(F)(F)c1ccc2ccc(C(=O)N[C@H]3CN(C(C)=O)CC[C@H]4CC[C@@H](C(=O)N5CC(c6cc[nH]c(=O)c6)CC56CC6)N4C3=O)cc2c1. The van der Waals surface area contributed by atoms with E-state index in [9.17, 15) is 38.1 Å². The van der Waals surface area contributed by atoms with Gasteiger partial charge in [0.25, 0.3) is 5.91 Å². The number of pyridine rings is 1. The Kier molecular flexibility index (Phi) is 16.2. The number of H-pyrrole nitrogens is 1. The number of amides is 4. The number of fused-ring (bicyclic) bond motifs is 2. The van der Waals surface area contributed by atoms with Crippen LogP contribution < -0.4 is 10.9 Å². The Labute approximate surface area is 396 Å². The van der Waals surface area contributed by atoms with Crippen LogP contribution in [0.25, 0.3) is 10.8 Å². The Bertz CT molecular complexity index is 2460. The first-order valence-corrected chi connectivity index (χ1v) is 26.5. The van der Waals surface area contributed by atoms with Gasteiger partial charge >= 0.3 is 13.3 Å². The number of aromatic nitrogens is 1. The smallest absolute Gasteiger partial charge is 0.340 e. The second-order valence-corrected chi connectivity index (χ2v) is 22.1. The lowest BCUT2D eigenvalue weighted by Gasteiger charge is -2.40. The molecule has 2 aromatic carbocycles. The highest BCUT2D eigenvalue weighted by Crippen LogP contribution is 2.67. The highest BCUT2D eigenvalue weighted by atomic mass is 32.2. The molecule has 4 heterocycles. The number of carbonyl (C=O) groups excluding carboxylic acids is 6. The zero-order valence-electron chi connectivity index (χ0n) is 38.0. The van der Waals surface area contributed by atoms with Crippen LogP contribution in [0.2, 0.25) is 0 Å². The van der Waals surface area contributed by atoms with Crippen molar-refractivity contribution in [2.45, 2.75) is 120 Å². The van der Waals surface area contributed by atoms with Crippen molar-refractivity contribution in [3.63, 3.8) is 0 Å². The third-order valence-electron chi connectivity index (χ3n) is 13.1. The normalized spacial score (nSPS) is 21.6. The molecule has 1 aliphatic carbocycles. The number of nitrogens with zero attached hydrogens (tertiary/aromatic N) is 3. The van der Waals surface area contributed by atoms with Crippen LogP contribution in [0.3, 0.4) is 0 Å². The summed E-state index contributed by atoms with van der Waals surface area (Å²) in [5.74, 6) is -1.79. The first-order valence-electron chi connectivity index (χ1n) is 23.0. The molecule has 1 aromatic heterocycles. The topological polar surface area (TPSA) is 193 Å². The standard InChI is InChI=1S/C47H58F2N5O10PS2/c1-4-6-41(57)66-22-20-63-65(62,64-21-23-67-42(58)7-5-2)47(48,49)36-11-10-31-8-9-33(24-34(31)25-36)43(59)51-38-29-52(30(3)55)19-15-37-12-13-39(54(37)44(38)60)45(61)53-28-35(27-46(53)16-17-46)32-14-18-50-40(56)26-32/h8-11,14,18,24-26,35,37-39H,4-7,12-13,15-17,19-23,27-29H2,1-3H3,(H,50,56)(H,51,59)/t35?,37-,38+,39+/m1/s1. The molecule has 4 amide bonds. The van der Waals surface area contributed by atoms with E-state index in [4.69, 9.17) is 9.05 Å². The van der Waals surface area contributed by atoms with Gasteiger partial charge in [-0.3, -0.25) is 38.1 Å².